The van der Waals surface area contributed by atoms with E-state index in [4.69, 9.17) is 18.9 Å². The normalized spacial score (nSPS) is 49.1. The maximum atomic E-state index is 13.1. The first-order valence-electron chi connectivity index (χ1n) is 11.3. The Kier molecular flexibility index (Phi) is 4.80. The lowest BCUT2D eigenvalue weighted by atomic mass is 9.38. The molecule has 2 saturated carbocycles. The fourth-order valence-corrected chi connectivity index (χ4v) is 8.03. The predicted molar refractivity (Wildman–Crippen MR) is 109 cm³/mol. The van der Waals surface area contributed by atoms with Crippen molar-refractivity contribution < 1.29 is 53.4 Å². The predicted octanol–water partition coefficient (Wildman–Crippen LogP) is -0.429. The van der Waals surface area contributed by atoms with Crippen LogP contribution in [0.5, 0.6) is 0 Å². The molecule has 4 fully saturated rings. The zero-order valence-electron chi connectivity index (χ0n) is 19.3. The van der Waals surface area contributed by atoms with Crippen molar-refractivity contribution in [3.63, 3.8) is 0 Å². The Morgan fingerprint density at radius 2 is 1.85 bits per heavy atom. The molecule has 2 saturated heterocycles. The van der Waals surface area contributed by atoms with E-state index in [1.165, 1.54) is 0 Å². The molecule has 0 aromatic heterocycles. The average Bonchev–Trinajstić information content (AvgIpc) is 3.08. The number of Topliss-reactive ketones (excluding diaryl/α,β-unsaturated/α-hetero) is 1. The molecule has 11 nitrogen and oxygen atoms in total. The summed E-state index contributed by atoms with van der Waals surface area (Å²) in [7, 11) is 1.09. The van der Waals surface area contributed by atoms with Crippen LogP contribution in [0.1, 0.15) is 33.6 Å². The third-order valence-corrected chi connectivity index (χ3v) is 9.13. The number of carbonyl (C=O) groups excluding carboxylic acids is 4. The molecule has 186 valence electrons. The van der Waals surface area contributed by atoms with E-state index in [-0.39, 0.29) is 25.2 Å². The Balaban J connectivity index is 1.78. The second-order valence-electron chi connectivity index (χ2n) is 10.5. The van der Waals surface area contributed by atoms with Crippen LogP contribution in [0.15, 0.2) is 11.3 Å². The molecule has 10 atom stereocenters. The SMILES string of the molecule is COC(=O)[C@@]12OC[C@]34[C@H]([C@@H](O)[C@@H]1O)[C@@]1(C)CC(=O)C(O)=C(C)[C@@H]1C[C@H]3OC(=O)[C@H](OC(C)=O)[C@@H]24. The quantitative estimate of drug-likeness (QED) is 0.347. The van der Waals surface area contributed by atoms with Crippen LogP contribution < -0.4 is 0 Å². The number of rotatable bonds is 2. The van der Waals surface area contributed by atoms with Crippen LogP contribution in [-0.4, -0.2) is 82.7 Å². The summed E-state index contributed by atoms with van der Waals surface area (Å²) in [5.74, 6) is -6.15. The summed E-state index contributed by atoms with van der Waals surface area (Å²) in [6.45, 7) is 4.30. The van der Waals surface area contributed by atoms with Crippen LogP contribution in [0.3, 0.4) is 0 Å². The minimum Gasteiger partial charge on any atom is -0.504 e. The van der Waals surface area contributed by atoms with Gasteiger partial charge in [0.2, 0.25) is 11.7 Å². The number of ketones is 1. The molecule has 0 radical (unpaired) electrons. The van der Waals surface area contributed by atoms with Crippen LogP contribution in [0.4, 0.5) is 0 Å². The molecule has 2 heterocycles. The molecule has 1 spiro atoms. The van der Waals surface area contributed by atoms with E-state index in [0.717, 1.165) is 14.0 Å². The van der Waals surface area contributed by atoms with Crippen molar-refractivity contribution in [3.8, 4) is 0 Å². The largest absolute Gasteiger partial charge is 0.504 e. The lowest BCUT2D eigenvalue weighted by Gasteiger charge is -2.67. The molecule has 2 aliphatic heterocycles. The number of aliphatic hydroxyl groups is 3. The van der Waals surface area contributed by atoms with Gasteiger partial charge in [-0.15, -0.1) is 0 Å². The lowest BCUT2D eigenvalue weighted by molar-refractivity contribution is -0.290. The third-order valence-electron chi connectivity index (χ3n) is 9.13. The summed E-state index contributed by atoms with van der Waals surface area (Å²) in [6.07, 6.45) is -5.85. The van der Waals surface area contributed by atoms with Crippen molar-refractivity contribution in [2.75, 3.05) is 13.7 Å². The maximum Gasteiger partial charge on any atom is 0.348 e. The van der Waals surface area contributed by atoms with Crippen molar-refractivity contribution >= 4 is 23.7 Å². The van der Waals surface area contributed by atoms with Gasteiger partial charge >= 0.3 is 17.9 Å². The highest BCUT2D eigenvalue weighted by Gasteiger charge is 2.85. The molecular weight excluding hydrogens is 452 g/mol. The van der Waals surface area contributed by atoms with Gasteiger partial charge in [-0.25, -0.2) is 9.59 Å². The first-order chi connectivity index (χ1) is 15.9. The number of esters is 3. The highest BCUT2D eigenvalue weighted by molar-refractivity contribution is 5.95. The molecule has 0 unspecified atom stereocenters. The monoisotopic (exact) mass is 480 g/mol. The smallest absolute Gasteiger partial charge is 0.348 e. The van der Waals surface area contributed by atoms with Gasteiger partial charge in [-0.1, -0.05) is 6.92 Å². The molecule has 3 N–H and O–H groups in total. The van der Waals surface area contributed by atoms with Crippen molar-refractivity contribution in [3.05, 3.63) is 11.3 Å². The Morgan fingerprint density at radius 3 is 2.47 bits per heavy atom. The Hall–Kier alpha value is -2.50. The van der Waals surface area contributed by atoms with Crippen LogP contribution in [0.25, 0.3) is 0 Å². The van der Waals surface area contributed by atoms with Crippen molar-refractivity contribution in [1.82, 2.24) is 0 Å². The van der Waals surface area contributed by atoms with E-state index in [9.17, 15) is 34.5 Å². The van der Waals surface area contributed by atoms with E-state index in [2.05, 4.69) is 0 Å². The number of hydrogen-bond donors (Lipinski definition) is 3. The van der Waals surface area contributed by atoms with Crippen molar-refractivity contribution in [2.24, 2.45) is 28.6 Å². The lowest BCUT2D eigenvalue weighted by Crippen LogP contribution is -2.79. The van der Waals surface area contributed by atoms with Crippen LogP contribution in [0, 0.1) is 28.6 Å². The van der Waals surface area contributed by atoms with E-state index in [1.54, 1.807) is 13.8 Å². The Morgan fingerprint density at radius 1 is 1.18 bits per heavy atom. The number of methoxy groups -OCH3 is 1. The van der Waals surface area contributed by atoms with E-state index < -0.39 is 82.3 Å². The summed E-state index contributed by atoms with van der Waals surface area (Å²) < 4.78 is 22.0. The average molecular weight is 480 g/mol. The standard InChI is InChI=1S/C23H28O11/c1-8-10-5-12-22-7-32-23(20(30)31-4,17(22)15(19(29)34-12)33-9(2)24)18(28)14(27)16(22)21(10,3)6-11(25)13(8)26/h10,12,14-18,26-28H,5-7H2,1-4H3/t10-,12+,14+,15+,16+,17+,18-,21-,22+,23-/m0/s1. The molecule has 5 aliphatic rings. The number of hydrogen-bond acceptors (Lipinski definition) is 11. The van der Waals surface area contributed by atoms with Crippen LogP contribution in [0.2, 0.25) is 0 Å². The molecule has 0 aromatic rings. The van der Waals surface area contributed by atoms with Gasteiger partial charge in [-0.05, 0) is 30.3 Å². The first kappa shape index (κ1) is 23.3. The van der Waals surface area contributed by atoms with Crippen LogP contribution >= 0.6 is 0 Å². The molecule has 5 rings (SSSR count). The van der Waals surface area contributed by atoms with Crippen LogP contribution in [-0.2, 0) is 38.1 Å². The zero-order valence-corrected chi connectivity index (χ0v) is 19.3. The fraction of sp³-hybridized carbons (Fsp3) is 0.739. The zero-order chi connectivity index (χ0) is 25.0. The van der Waals surface area contributed by atoms with Gasteiger partial charge in [0.25, 0.3) is 0 Å². The fourth-order valence-electron chi connectivity index (χ4n) is 8.03. The summed E-state index contributed by atoms with van der Waals surface area (Å²) in [4.78, 5) is 50.9. The highest BCUT2D eigenvalue weighted by atomic mass is 16.6. The highest BCUT2D eigenvalue weighted by Crippen LogP contribution is 2.72. The van der Waals surface area contributed by atoms with Gasteiger partial charge in [-0.3, -0.25) is 9.59 Å². The first-order valence-corrected chi connectivity index (χ1v) is 11.3. The van der Waals surface area contributed by atoms with E-state index in [0.29, 0.717) is 5.57 Å². The van der Waals surface area contributed by atoms with Crippen molar-refractivity contribution in [1.29, 1.82) is 0 Å². The second-order valence-corrected chi connectivity index (χ2v) is 10.5. The minimum atomic E-state index is -2.18. The Bertz CT molecular complexity index is 1030. The number of aliphatic hydroxyl groups excluding tert-OH is 3. The number of ether oxygens (including phenoxy) is 4. The maximum absolute atomic E-state index is 13.1. The summed E-state index contributed by atoms with van der Waals surface area (Å²) in [5, 5.41) is 33.3. The second kappa shape index (κ2) is 7.02. The van der Waals surface area contributed by atoms with E-state index in [1.807, 2.05) is 0 Å². The van der Waals surface area contributed by atoms with Gasteiger partial charge in [0.1, 0.15) is 12.2 Å². The third kappa shape index (κ3) is 2.42. The minimum absolute atomic E-state index is 0.131. The van der Waals surface area contributed by atoms with E-state index >= 15 is 0 Å². The summed E-state index contributed by atoms with van der Waals surface area (Å²) in [5.41, 5.74) is -4.02. The molecule has 0 aromatic carbocycles. The van der Waals surface area contributed by atoms with Gasteiger partial charge in [-0.2, -0.15) is 0 Å². The molecule has 34 heavy (non-hydrogen) atoms. The molecular formula is C23H28O11. The number of carbonyl (C=O) groups is 4. The molecule has 0 amide bonds. The van der Waals surface area contributed by atoms with Crippen molar-refractivity contribution in [2.45, 2.75) is 63.6 Å². The van der Waals surface area contributed by atoms with Gasteiger partial charge in [0.15, 0.2) is 11.5 Å². The molecule has 2 bridgehead atoms. The molecule has 11 heteroatoms. The molecule has 3 aliphatic carbocycles. The number of allylic oxidation sites excluding steroid dienone is 2. The summed E-state index contributed by atoms with van der Waals surface area (Å²) >= 11 is 0. The van der Waals surface area contributed by atoms with Gasteiger partial charge in [0, 0.05) is 24.7 Å². The van der Waals surface area contributed by atoms with Gasteiger partial charge < -0.3 is 34.3 Å². The Labute approximate surface area is 195 Å². The topological polar surface area (TPSA) is 166 Å². The van der Waals surface area contributed by atoms with Gasteiger partial charge in [0.05, 0.1) is 25.7 Å². The number of fused-ring (bicyclic) bond motifs is 2. The summed E-state index contributed by atoms with van der Waals surface area (Å²) in [6, 6.07) is 0.